The molecule has 2 aromatic rings. The Kier molecular flexibility index (Phi) is 3.60. The van der Waals surface area contributed by atoms with E-state index in [4.69, 9.17) is 0 Å². The number of aromatic amines is 1. The van der Waals surface area contributed by atoms with E-state index in [1.165, 1.54) is 6.07 Å². The number of nitrogens with one attached hydrogen (secondary N) is 1. The van der Waals surface area contributed by atoms with Crippen LogP contribution in [0, 0.1) is 5.82 Å². The van der Waals surface area contributed by atoms with Crippen molar-refractivity contribution in [2.75, 3.05) is 26.2 Å². The molecular weight excluding hydrogens is 273 g/mol. The number of rotatable bonds is 3. The van der Waals surface area contributed by atoms with Crippen LogP contribution in [0.5, 0.6) is 0 Å². The summed E-state index contributed by atoms with van der Waals surface area (Å²) in [6, 6.07) is 4.82. The molecule has 3 rings (SSSR count). The fourth-order valence-corrected chi connectivity index (χ4v) is 2.70. The van der Waals surface area contributed by atoms with E-state index in [-0.39, 0.29) is 18.1 Å². The van der Waals surface area contributed by atoms with Crippen LogP contribution in [-0.4, -0.2) is 53.3 Å². The highest BCUT2D eigenvalue weighted by Gasteiger charge is 2.21. The summed E-state index contributed by atoms with van der Waals surface area (Å²) < 4.78 is 13.9. The van der Waals surface area contributed by atoms with E-state index in [1.807, 2.05) is 0 Å². The van der Waals surface area contributed by atoms with Crippen LogP contribution >= 0.6 is 0 Å². The fraction of sp³-hybridized carbons (Fsp3) is 0.333. The number of aromatic nitrogens is 1. The van der Waals surface area contributed by atoms with Crippen LogP contribution in [0.15, 0.2) is 24.4 Å². The summed E-state index contributed by atoms with van der Waals surface area (Å²) >= 11 is 0. The molecule has 110 valence electrons. The van der Waals surface area contributed by atoms with E-state index in [1.54, 1.807) is 28.1 Å². The molecule has 1 N–H and O–H groups in total. The molecule has 1 saturated heterocycles. The van der Waals surface area contributed by atoms with Gasteiger partial charge in [-0.2, -0.15) is 0 Å². The number of hydrogen-bond donors (Lipinski definition) is 1. The molecule has 5 nitrogen and oxygen atoms in total. The first-order valence-corrected chi connectivity index (χ1v) is 6.90. The maximum atomic E-state index is 13.9. The molecule has 0 bridgehead atoms. The van der Waals surface area contributed by atoms with Crippen LogP contribution in [0.3, 0.4) is 0 Å². The molecule has 0 saturated carbocycles. The van der Waals surface area contributed by atoms with Gasteiger partial charge in [-0.1, -0.05) is 6.07 Å². The van der Waals surface area contributed by atoms with Gasteiger partial charge in [-0.05, 0) is 17.7 Å². The molecule has 1 aliphatic rings. The number of benzene rings is 1. The Labute approximate surface area is 121 Å². The van der Waals surface area contributed by atoms with Crippen LogP contribution in [0.25, 0.3) is 10.9 Å². The third-order valence-electron chi connectivity index (χ3n) is 3.89. The lowest BCUT2D eigenvalue weighted by molar-refractivity contribution is -0.134. The van der Waals surface area contributed by atoms with Gasteiger partial charge in [0.05, 0.1) is 6.42 Å². The van der Waals surface area contributed by atoms with Gasteiger partial charge >= 0.3 is 0 Å². The van der Waals surface area contributed by atoms with Crippen molar-refractivity contribution in [2.24, 2.45) is 0 Å². The SMILES string of the molecule is O=CN1CCN(C(=O)Cc2c[nH]c3cccc(F)c23)CC1. The molecule has 0 spiro atoms. The van der Waals surface area contributed by atoms with Crippen molar-refractivity contribution in [1.82, 2.24) is 14.8 Å². The number of fused-ring (bicyclic) bond motifs is 1. The zero-order chi connectivity index (χ0) is 14.8. The Morgan fingerprint density at radius 1 is 1.29 bits per heavy atom. The van der Waals surface area contributed by atoms with Gasteiger partial charge in [-0.3, -0.25) is 9.59 Å². The fourth-order valence-electron chi connectivity index (χ4n) is 2.70. The first kappa shape index (κ1) is 13.6. The molecule has 0 radical (unpaired) electrons. The number of hydrogen-bond acceptors (Lipinski definition) is 2. The number of H-pyrrole nitrogens is 1. The summed E-state index contributed by atoms with van der Waals surface area (Å²) in [6.45, 7) is 2.17. The van der Waals surface area contributed by atoms with Gasteiger partial charge in [-0.25, -0.2) is 4.39 Å². The molecule has 1 aromatic carbocycles. The molecule has 1 aliphatic heterocycles. The zero-order valence-corrected chi connectivity index (χ0v) is 11.5. The van der Waals surface area contributed by atoms with Gasteiger partial charge in [0.25, 0.3) is 0 Å². The number of carbonyl (C=O) groups is 2. The molecule has 6 heteroatoms. The highest BCUT2D eigenvalue weighted by atomic mass is 19.1. The number of carbonyl (C=O) groups excluding carboxylic acids is 2. The van der Waals surface area contributed by atoms with Crippen molar-refractivity contribution < 1.29 is 14.0 Å². The van der Waals surface area contributed by atoms with Crippen molar-refractivity contribution in [3.8, 4) is 0 Å². The smallest absolute Gasteiger partial charge is 0.227 e. The number of piperazine rings is 1. The zero-order valence-electron chi connectivity index (χ0n) is 11.5. The Balaban J connectivity index is 1.74. The minimum Gasteiger partial charge on any atom is -0.361 e. The maximum Gasteiger partial charge on any atom is 0.227 e. The van der Waals surface area contributed by atoms with Crippen LogP contribution in [0.2, 0.25) is 0 Å². The predicted molar refractivity (Wildman–Crippen MR) is 76.2 cm³/mol. The molecule has 1 fully saturated rings. The first-order valence-electron chi connectivity index (χ1n) is 6.90. The minimum absolute atomic E-state index is 0.0373. The second-order valence-electron chi connectivity index (χ2n) is 5.18. The van der Waals surface area contributed by atoms with Gasteiger partial charge in [0.15, 0.2) is 0 Å². The molecule has 2 amide bonds. The molecular formula is C15H16FN3O2. The highest BCUT2D eigenvalue weighted by molar-refractivity contribution is 5.89. The quantitative estimate of drug-likeness (QED) is 0.862. The third kappa shape index (κ3) is 2.61. The summed E-state index contributed by atoms with van der Waals surface area (Å²) in [5, 5.41) is 0.484. The van der Waals surface area contributed by atoms with E-state index < -0.39 is 0 Å². The standard InChI is InChI=1S/C15H16FN3O2/c16-12-2-1-3-13-15(12)11(9-17-13)8-14(21)19-6-4-18(10-20)5-7-19/h1-3,9-10,17H,4-8H2. The van der Waals surface area contributed by atoms with Crippen molar-refractivity contribution in [2.45, 2.75) is 6.42 Å². The number of nitrogens with zero attached hydrogens (tertiary/aromatic N) is 2. The van der Waals surface area contributed by atoms with Crippen molar-refractivity contribution in [3.63, 3.8) is 0 Å². The second-order valence-corrected chi connectivity index (χ2v) is 5.18. The van der Waals surface area contributed by atoms with Crippen molar-refractivity contribution in [1.29, 1.82) is 0 Å². The van der Waals surface area contributed by atoms with Gasteiger partial charge in [0, 0.05) is 43.3 Å². The Hall–Kier alpha value is -2.37. The van der Waals surface area contributed by atoms with Gasteiger partial charge in [-0.15, -0.1) is 0 Å². The lowest BCUT2D eigenvalue weighted by atomic mass is 10.1. The predicted octanol–water partition coefficient (Wildman–Crippen LogP) is 1.15. The van der Waals surface area contributed by atoms with E-state index >= 15 is 0 Å². The van der Waals surface area contributed by atoms with E-state index in [0.717, 1.165) is 6.41 Å². The van der Waals surface area contributed by atoms with Gasteiger partial charge in [0.1, 0.15) is 5.82 Å². The maximum absolute atomic E-state index is 13.9. The summed E-state index contributed by atoms with van der Waals surface area (Å²) in [5.74, 6) is -0.355. The van der Waals surface area contributed by atoms with E-state index in [2.05, 4.69) is 4.98 Å². The summed E-state index contributed by atoms with van der Waals surface area (Å²) in [5.41, 5.74) is 1.37. The van der Waals surface area contributed by atoms with E-state index in [0.29, 0.717) is 42.6 Å². The van der Waals surface area contributed by atoms with Crippen LogP contribution in [0.4, 0.5) is 4.39 Å². The minimum atomic E-state index is -0.317. The number of amides is 2. The molecule has 0 atom stereocenters. The van der Waals surface area contributed by atoms with Gasteiger partial charge in [0.2, 0.25) is 12.3 Å². The highest BCUT2D eigenvalue weighted by Crippen LogP contribution is 2.22. The third-order valence-corrected chi connectivity index (χ3v) is 3.89. The Morgan fingerprint density at radius 3 is 2.76 bits per heavy atom. The van der Waals surface area contributed by atoms with Crippen LogP contribution in [-0.2, 0) is 16.0 Å². The topological polar surface area (TPSA) is 56.4 Å². The first-order chi connectivity index (χ1) is 10.2. The largest absolute Gasteiger partial charge is 0.361 e. The number of halogens is 1. The van der Waals surface area contributed by atoms with Crippen molar-refractivity contribution >= 4 is 23.2 Å². The van der Waals surface area contributed by atoms with Crippen LogP contribution in [0.1, 0.15) is 5.56 Å². The van der Waals surface area contributed by atoms with Crippen molar-refractivity contribution in [3.05, 3.63) is 35.8 Å². The molecule has 21 heavy (non-hydrogen) atoms. The van der Waals surface area contributed by atoms with E-state index in [9.17, 15) is 14.0 Å². The summed E-state index contributed by atoms with van der Waals surface area (Å²) in [6.07, 6.45) is 2.66. The molecule has 1 aromatic heterocycles. The Morgan fingerprint density at radius 2 is 2.05 bits per heavy atom. The summed E-state index contributed by atoms with van der Waals surface area (Å²) in [7, 11) is 0. The lowest BCUT2D eigenvalue weighted by Gasteiger charge is -2.32. The monoisotopic (exact) mass is 289 g/mol. The molecule has 0 unspecified atom stereocenters. The second kappa shape index (κ2) is 5.55. The Bertz CT molecular complexity index is 675. The average molecular weight is 289 g/mol. The van der Waals surface area contributed by atoms with Crippen LogP contribution < -0.4 is 0 Å². The lowest BCUT2D eigenvalue weighted by Crippen LogP contribution is -2.48. The molecule has 0 aliphatic carbocycles. The summed E-state index contributed by atoms with van der Waals surface area (Å²) in [4.78, 5) is 29.3. The molecule has 2 heterocycles. The normalized spacial score (nSPS) is 15.5. The average Bonchev–Trinajstić information content (AvgIpc) is 2.92. The van der Waals surface area contributed by atoms with Gasteiger partial charge < -0.3 is 14.8 Å².